The van der Waals surface area contributed by atoms with E-state index in [4.69, 9.17) is 9.90 Å². The predicted octanol–water partition coefficient (Wildman–Crippen LogP) is 0.581. The van der Waals surface area contributed by atoms with E-state index in [0.717, 1.165) is 43.6 Å². The summed E-state index contributed by atoms with van der Waals surface area (Å²) >= 11 is 0. The van der Waals surface area contributed by atoms with Crippen LogP contribution in [-0.4, -0.2) is 45.9 Å². The molecule has 10 heteroatoms. The first-order valence-electron chi connectivity index (χ1n) is 6.67. The number of halogens is 3. The Morgan fingerprint density at radius 3 is 2.50 bits per heavy atom. The Labute approximate surface area is 123 Å². The van der Waals surface area contributed by atoms with Crippen molar-refractivity contribution < 1.29 is 27.9 Å². The highest BCUT2D eigenvalue weighted by Crippen LogP contribution is 2.21. The van der Waals surface area contributed by atoms with Crippen molar-refractivity contribution in [1.82, 2.24) is 20.8 Å². The van der Waals surface area contributed by atoms with Crippen molar-refractivity contribution >= 4 is 11.9 Å². The third kappa shape index (κ3) is 4.20. The van der Waals surface area contributed by atoms with Gasteiger partial charge in [-0.15, -0.1) is 0 Å². The molecule has 1 aliphatic heterocycles. The highest BCUT2D eigenvalue weighted by atomic mass is 19.4. The van der Waals surface area contributed by atoms with Gasteiger partial charge in [-0.2, -0.15) is 18.3 Å². The molecule has 2 heterocycles. The molecule has 0 radical (unpaired) electrons. The molecule has 122 valence electrons. The van der Waals surface area contributed by atoms with Crippen LogP contribution < -0.4 is 10.6 Å². The van der Waals surface area contributed by atoms with Crippen molar-refractivity contribution in [3.63, 3.8) is 0 Å². The van der Waals surface area contributed by atoms with Crippen LogP contribution in [0.15, 0.2) is 0 Å². The number of carboxylic acids is 1. The maximum absolute atomic E-state index is 11.8. The van der Waals surface area contributed by atoms with Crippen LogP contribution in [0.5, 0.6) is 0 Å². The molecule has 0 spiro atoms. The fourth-order valence-electron chi connectivity index (χ4n) is 1.89. The molecule has 1 aromatic rings. The molecule has 7 nitrogen and oxygen atoms in total. The number of hydrogen-bond donors (Lipinski definition) is 4. The standard InChI is InChI=1S/C10H14N4O.C2HF3O2/c15-10(12-6-1-2-6)9-7-5-11-4-3-8(7)13-14-9;3-2(4,5)1(6)7/h6,11H,1-5H2,(H,12,15)(H,13,14);(H,6,7). The minimum atomic E-state index is -5.08. The Morgan fingerprint density at radius 1 is 1.32 bits per heavy atom. The van der Waals surface area contributed by atoms with Crippen molar-refractivity contribution in [2.45, 2.75) is 38.0 Å². The maximum atomic E-state index is 11.8. The van der Waals surface area contributed by atoms with Crippen molar-refractivity contribution in [2.24, 2.45) is 0 Å². The lowest BCUT2D eigenvalue weighted by molar-refractivity contribution is -0.192. The van der Waals surface area contributed by atoms with Gasteiger partial charge in [-0.05, 0) is 12.8 Å². The Balaban J connectivity index is 0.000000217. The van der Waals surface area contributed by atoms with Crippen LogP contribution in [0.4, 0.5) is 13.2 Å². The van der Waals surface area contributed by atoms with E-state index in [1.165, 1.54) is 0 Å². The van der Waals surface area contributed by atoms with Gasteiger partial charge in [-0.1, -0.05) is 0 Å². The zero-order valence-corrected chi connectivity index (χ0v) is 11.5. The van der Waals surface area contributed by atoms with Gasteiger partial charge in [0.2, 0.25) is 0 Å². The van der Waals surface area contributed by atoms with Crippen molar-refractivity contribution in [1.29, 1.82) is 0 Å². The lowest BCUT2D eigenvalue weighted by Gasteiger charge is -2.12. The van der Waals surface area contributed by atoms with Crippen LogP contribution in [0.1, 0.15) is 34.6 Å². The molecule has 0 saturated heterocycles. The average molecular weight is 320 g/mol. The molecule has 1 amide bonds. The molecule has 2 aliphatic rings. The van der Waals surface area contributed by atoms with Gasteiger partial charge in [0.1, 0.15) is 0 Å². The van der Waals surface area contributed by atoms with Gasteiger partial charge < -0.3 is 15.7 Å². The molecule has 4 N–H and O–H groups in total. The third-order valence-electron chi connectivity index (χ3n) is 3.18. The van der Waals surface area contributed by atoms with Crippen LogP contribution in [0.25, 0.3) is 0 Å². The molecular formula is C12H15F3N4O3. The van der Waals surface area contributed by atoms with E-state index in [-0.39, 0.29) is 5.91 Å². The van der Waals surface area contributed by atoms with E-state index < -0.39 is 12.1 Å². The first kappa shape index (κ1) is 16.3. The summed E-state index contributed by atoms with van der Waals surface area (Å²) in [6.07, 6.45) is -1.94. The van der Waals surface area contributed by atoms with E-state index >= 15 is 0 Å². The van der Waals surface area contributed by atoms with E-state index in [9.17, 15) is 18.0 Å². The number of hydrogen-bond acceptors (Lipinski definition) is 4. The molecule has 1 aromatic heterocycles. The van der Waals surface area contributed by atoms with Crippen molar-refractivity contribution in [3.05, 3.63) is 17.0 Å². The molecule has 0 unspecified atom stereocenters. The second-order valence-electron chi connectivity index (χ2n) is 5.01. The number of nitrogens with one attached hydrogen (secondary N) is 3. The zero-order valence-electron chi connectivity index (χ0n) is 11.5. The lowest BCUT2D eigenvalue weighted by atomic mass is 10.1. The predicted molar refractivity (Wildman–Crippen MR) is 68.2 cm³/mol. The van der Waals surface area contributed by atoms with Crippen LogP contribution >= 0.6 is 0 Å². The number of rotatable bonds is 2. The number of aliphatic carboxylic acids is 1. The number of H-pyrrole nitrogens is 1. The van der Waals surface area contributed by atoms with Gasteiger partial charge in [0.15, 0.2) is 5.69 Å². The minimum absolute atomic E-state index is 0.0290. The topological polar surface area (TPSA) is 107 Å². The Hall–Kier alpha value is -2.10. The number of aromatic nitrogens is 2. The van der Waals surface area contributed by atoms with Gasteiger partial charge in [0.25, 0.3) is 5.91 Å². The van der Waals surface area contributed by atoms with Gasteiger partial charge >= 0.3 is 12.1 Å². The number of nitrogens with zero attached hydrogens (tertiary/aromatic N) is 1. The number of alkyl halides is 3. The maximum Gasteiger partial charge on any atom is 0.490 e. The summed E-state index contributed by atoms with van der Waals surface area (Å²) < 4.78 is 31.7. The van der Waals surface area contributed by atoms with Crippen LogP contribution in [0.3, 0.4) is 0 Å². The minimum Gasteiger partial charge on any atom is -0.475 e. The fourth-order valence-corrected chi connectivity index (χ4v) is 1.89. The first-order chi connectivity index (χ1) is 10.3. The molecule has 1 aliphatic carbocycles. The van der Waals surface area contributed by atoms with Crippen LogP contribution in [0, 0.1) is 0 Å². The van der Waals surface area contributed by atoms with Crippen molar-refractivity contribution in [3.8, 4) is 0 Å². The summed E-state index contributed by atoms with van der Waals surface area (Å²) in [5.41, 5.74) is 2.72. The molecule has 3 rings (SSSR count). The van der Waals surface area contributed by atoms with Gasteiger partial charge in [-0.25, -0.2) is 4.79 Å². The highest BCUT2D eigenvalue weighted by Gasteiger charge is 2.38. The van der Waals surface area contributed by atoms with E-state index in [1.54, 1.807) is 0 Å². The average Bonchev–Trinajstić information content (AvgIpc) is 3.15. The summed E-state index contributed by atoms with van der Waals surface area (Å²) in [6.45, 7) is 1.71. The SMILES string of the molecule is O=C(NC1CC1)c1n[nH]c2c1CNCC2.O=C(O)C(F)(F)F. The Bertz CT molecular complexity index is 566. The second-order valence-corrected chi connectivity index (χ2v) is 5.01. The number of carbonyl (C=O) groups is 2. The normalized spacial score (nSPS) is 17.0. The lowest BCUT2D eigenvalue weighted by Crippen LogP contribution is -2.29. The smallest absolute Gasteiger partial charge is 0.475 e. The summed E-state index contributed by atoms with van der Waals surface area (Å²) in [6, 6.07) is 0.390. The third-order valence-corrected chi connectivity index (χ3v) is 3.18. The monoisotopic (exact) mass is 320 g/mol. The number of aromatic amines is 1. The molecular weight excluding hydrogens is 305 g/mol. The Kier molecular flexibility index (Phi) is 4.69. The summed E-state index contributed by atoms with van der Waals surface area (Å²) in [4.78, 5) is 20.7. The van der Waals surface area contributed by atoms with Gasteiger partial charge in [0, 0.05) is 36.8 Å². The molecule has 0 atom stereocenters. The largest absolute Gasteiger partial charge is 0.490 e. The van der Waals surface area contributed by atoms with Crippen LogP contribution in [-0.2, 0) is 17.8 Å². The van der Waals surface area contributed by atoms with E-state index in [0.29, 0.717) is 11.7 Å². The van der Waals surface area contributed by atoms with Gasteiger partial charge in [0.05, 0.1) is 0 Å². The summed E-state index contributed by atoms with van der Waals surface area (Å²) in [5.74, 6) is -2.79. The molecule has 1 fully saturated rings. The van der Waals surface area contributed by atoms with E-state index in [2.05, 4.69) is 20.8 Å². The zero-order chi connectivity index (χ0) is 16.3. The highest BCUT2D eigenvalue weighted by molar-refractivity contribution is 5.94. The molecule has 22 heavy (non-hydrogen) atoms. The Morgan fingerprint density at radius 2 is 1.95 bits per heavy atom. The van der Waals surface area contributed by atoms with Crippen LogP contribution in [0.2, 0.25) is 0 Å². The number of carboxylic acid groups (broad SMARTS) is 1. The molecule has 1 saturated carbocycles. The quantitative estimate of drug-likeness (QED) is 0.638. The molecule has 0 bridgehead atoms. The number of carbonyl (C=O) groups excluding carboxylic acids is 1. The number of fused-ring (bicyclic) bond motifs is 1. The fraction of sp³-hybridized carbons (Fsp3) is 0.583. The summed E-state index contributed by atoms with van der Waals surface area (Å²) in [7, 11) is 0. The molecule has 0 aromatic carbocycles. The number of amides is 1. The first-order valence-corrected chi connectivity index (χ1v) is 6.67. The van der Waals surface area contributed by atoms with Gasteiger partial charge in [-0.3, -0.25) is 9.89 Å². The second kappa shape index (κ2) is 6.34. The van der Waals surface area contributed by atoms with Crippen molar-refractivity contribution in [2.75, 3.05) is 6.54 Å². The summed E-state index contributed by atoms with van der Waals surface area (Å²) in [5, 5.41) is 20.4. The van der Waals surface area contributed by atoms with E-state index in [1.807, 2.05) is 0 Å².